The SMILES string of the molecule is Oc1ccc([C@H]2c3cc4ccccc4n3[C@@H](c3cc(O)c(O)c(O)c3)[C@@H]2O)c(O)c1. The maximum atomic E-state index is 11.3. The highest BCUT2D eigenvalue weighted by molar-refractivity contribution is 5.83. The molecular weight excluding hydrogens is 386 g/mol. The molecule has 0 fully saturated rings. The summed E-state index contributed by atoms with van der Waals surface area (Å²) in [5.41, 5.74) is 2.42. The lowest BCUT2D eigenvalue weighted by atomic mass is 9.87. The second-order valence-corrected chi connectivity index (χ2v) is 7.56. The van der Waals surface area contributed by atoms with E-state index in [1.54, 1.807) is 6.07 Å². The molecule has 2 heterocycles. The quantitative estimate of drug-likeness (QED) is 0.284. The standard InChI is InChI=1S/C23H19NO6/c25-13-5-6-14(17(26)10-13)20-16-7-11-3-1-2-4-15(11)24(16)21(23(20)30)12-8-18(27)22(29)19(28)9-12/h1-10,20-21,23,25-30H/t20-,21-,23+/m0/s1. The number of aromatic nitrogens is 1. The fraction of sp³-hybridized carbons (Fsp3) is 0.130. The molecule has 0 bridgehead atoms. The predicted octanol–water partition coefficient (Wildman–Crippen LogP) is 3.27. The van der Waals surface area contributed by atoms with Crippen LogP contribution in [0.15, 0.2) is 60.7 Å². The van der Waals surface area contributed by atoms with Gasteiger partial charge in [-0.1, -0.05) is 24.3 Å². The maximum Gasteiger partial charge on any atom is 0.200 e. The molecular formula is C23H19NO6. The van der Waals surface area contributed by atoms with Crippen LogP contribution in [0.1, 0.15) is 28.8 Å². The summed E-state index contributed by atoms with van der Waals surface area (Å²) >= 11 is 0. The van der Waals surface area contributed by atoms with Gasteiger partial charge in [0.2, 0.25) is 0 Å². The molecule has 152 valence electrons. The van der Waals surface area contributed by atoms with E-state index in [0.717, 1.165) is 16.6 Å². The highest BCUT2D eigenvalue weighted by atomic mass is 16.3. The Morgan fingerprint density at radius 1 is 0.733 bits per heavy atom. The highest BCUT2D eigenvalue weighted by Gasteiger charge is 2.43. The minimum atomic E-state index is -1.05. The van der Waals surface area contributed by atoms with Crippen LogP contribution in [0.2, 0.25) is 0 Å². The number of hydrogen-bond acceptors (Lipinski definition) is 6. The number of nitrogens with zero attached hydrogens (tertiary/aromatic N) is 1. The van der Waals surface area contributed by atoms with E-state index in [2.05, 4.69) is 0 Å². The van der Waals surface area contributed by atoms with Crippen LogP contribution < -0.4 is 0 Å². The van der Waals surface area contributed by atoms with E-state index >= 15 is 0 Å². The molecule has 0 spiro atoms. The maximum absolute atomic E-state index is 11.3. The molecule has 0 unspecified atom stereocenters. The number of aromatic hydroxyl groups is 5. The molecule has 30 heavy (non-hydrogen) atoms. The van der Waals surface area contributed by atoms with E-state index in [4.69, 9.17) is 0 Å². The number of benzene rings is 3. The van der Waals surface area contributed by atoms with Gasteiger partial charge in [-0.3, -0.25) is 0 Å². The third-order valence-corrected chi connectivity index (χ3v) is 5.82. The van der Waals surface area contributed by atoms with Crippen LogP contribution in [0.5, 0.6) is 28.7 Å². The van der Waals surface area contributed by atoms with Crippen LogP contribution in [0.25, 0.3) is 10.9 Å². The van der Waals surface area contributed by atoms with Gasteiger partial charge in [-0.2, -0.15) is 0 Å². The Kier molecular flexibility index (Phi) is 3.84. The highest BCUT2D eigenvalue weighted by Crippen LogP contribution is 2.50. The van der Waals surface area contributed by atoms with Crippen molar-refractivity contribution in [1.82, 2.24) is 4.57 Å². The van der Waals surface area contributed by atoms with Crippen LogP contribution in [0.3, 0.4) is 0 Å². The summed E-state index contributed by atoms with van der Waals surface area (Å²) in [5, 5.41) is 62.2. The fourth-order valence-corrected chi connectivity index (χ4v) is 4.54. The fourth-order valence-electron chi connectivity index (χ4n) is 4.54. The molecule has 1 aromatic heterocycles. The first-order chi connectivity index (χ1) is 14.4. The lowest BCUT2D eigenvalue weighted by molar-refractivity contribution is 0.139. The zero-order valence-corrected chi connectivity index (χ0v) is 15.6. The summed E-state index contributed by atoms with van der Waals surface area (Å²) in [6.45, 7) is 0. The van der Waals surface area contributed by atoms with E-state index in [1.807, 2.05) is 34.9 Å². The summed E-state index contributed by atoms with van der Waals surface area (Å²) in [4.78, 5) is 0. The van der Waals surface area contributed by atoms with Crippen molar-refractivity contribution in [2.24, 2.45) is 0 Å². The summed E-state index contributed by atoms with van der Waals surface area (Å²) in [6.07, 6.45) is -1.05. The van der Waals surface area contributed by atoms with Gasteiger partial charge in [0.05, 0.1) is 18.1 Å². The lowest BCUT2D eigenvalue weighted by Gasteiger charge is -2.23. The van der Waals surface area contributed by atoms with Gasteiger partial charge >= 0.3 is 0 Å². The minimum Gasteiger partial charge on any atom is -0.508 e. The van der Waals surface area contributed by atoms with E-state index in [9.17, 15) is 30.6 Å². The zero-order valence-electron chi connectivity index (χ0n) is 15.6. The first-order valence-corrected chi connectivity index (χ1v) is 9.41. The number of aliphatic hydroxyl groups is 1. The Labute approximate surface area is 171 Å². The summed E-state index contributed by atoms with van der Waals surface area (Å²) in [5.74, 6) is -2.47. The third kappa shape index (κ3) is 2.49. The van der Waals surface area contributed by atoms with Crippen molar-refractivity contribution in [1.29, 1.82) is 0 Å². The van der Waals surface area contributed by atoms with Gasteiger partial charge in [-0.25, -0.2) is 0 Å². The number of hydrogen-bond donors (Lipinski definition) is 6. The molecule has 0 saturated heterocycles. The van der Waals surface area contributed by atoms with Crippen molar-refractivity contribution in [3.05, 3.63) is 77.5 Å². The van der Waals surface area contributed by atoms with Gasteiger partial charge in [-0.05, 0) is 41.3 Å². The van der Waals surface area contributed by atoms with Crippen LogP contribution in [-0.4, -0.2) is 41.3 Å². The Hall–Kier alpha value is -3.84. The van der Waals surface area contributed by atoms with Crippen LogP contribution in [0.4, 0.5) is 0 Å². The second-order valence-electron chi connectivity index (χ2n) is 7.56. The first-order valence-electron chi connectivity index (χ1n) is 9.41. The van der Waals surface area contributed by atoms with Gasteiger partial charge in [0.25, 0.3) is 0 Å². The first kappa shape index (κ1) is 18.2. The van der Waals surface area contributed by atoms with Crippen molar-refractivity contribution in [2.75, 3.05) is 0 Å². The molecule has 5 rings (SSSR count). The molecule has 7 heteroatoms. The van der Waals surface area contributed by atoms with Crippen molar-refractivity contribution in [2.45, 2.75) is 18.1 Å². The van der Waals surface area contributed by atoms with E-state index in [0.29, 0.717) is 11.1 Å². The van der Waals surface area contributed by atoms with Gasteiger partial charge in [0.15, 0.2) is 17.2 Å². The molecule has 0 radical (unpaired) electrons. The Morgan fingerprint density at radius 2 is 1.43 bits per heavy atom. The smallest absolute Gasteiger partial charge is 0.200 e. The van der Waals surface area contributed by atoms with Crippen LogP contribution in [-0.2, 0) is 0 Å². The van der Waals surface area contributed by atoms with E-state index < -0.39 is 35.3 Å². The predicted molar refractivity (Wildman–Crippen MR) is 109 cm³/mol. The number of para-hydroxylation sites is 1. The summed E-state index contributed by atoms with van der Waals surface area (Å²) in [6, 6.07) is 15.7. The lowest BCUT2D eigenvalue weighted by Crippen LogP contribution is -2.22. The largest absolute Gasteiger partial charge is 0.508 e. The monoisotopic (exact) mass is 405 g/mol. The van der Waals surface area contributed by atoms with Gasteiger partial charge in [0.1, 0.15) is 11.5 Å². The molecule has 0 aliphatic carbocycles. The second kappa shape index (κ2) is 6.33. The van der Waals surface area contributed by atoms with Crippen molar-refractivity contribution < 1.29 is 30.6 Å². The molecule has 1 aliphatic heterocycles. The van der Waals surface area contributed by atoms with Gasteiger partial charge in [-0.15, -0.1) is 0 Å². The molecule has 6 N–H and O–H groups in total. The number of rotatable bonds is 2. The number of phenolic OH excluding ortho intramolecular Hbond substituents is 5. The van der Waals surface area contributed by atoms with Crippen molar-refractivity contribution in [3.8, 4) is 28.7 Å². The van der Waals surface area contributed by atoms with Gasteiger partial charge < -0.3 is 35.2 Å². The van der Waals surface area contributed by atoms with Crippen LogP contribution >= 0.6 is 0 Å². The third-order valence-electron chi connectivity index (χ3n) is 5.82. The zero-order chi connectivity index (χ0) is 21.2. The van der Waals surface area contributed by atoms with Crippen molar-refractivity contribution in [3.63, 3.8) is 0 Å². The van der Waals surface area contributed by atoms with Crippen molar-refractivity contribution >= 4 is 10.9 Å². The topological polar surface area (TPSA) is 126 Å². The minimum absolute atomic E-state index is 0.0887. The normalized spacial score (nSPS) is 20.5. The Morgan fingerprint density at radius 3 is 2.13 bits per heavy atom. The molecule has 0 amide bonds. The molecule has 1 aliphatic rings. The summed E-state index contributed by atoms with van der Waals surface area (Å²) in [7, 11) is 0. The molecule has 3 aromatic carbocycles. The molecule has 3 atom stereocenters. The van der Waals surface area contributed by atoms with Crippen LogP contribution in [0, 0.1) is 0 Å². The molecule has 7 nitrogen and oxygen atoms in total. The number of phenols is 5. The molecule has 4 aromatic rings. The summed E-state index contributed by atoms with van der Waals surface area (Å²) < 4.78 is 1.90. The average molecular weight is 405 g/mol. The Balaban J connectivity index is 1.78. The number of aliphatic hydroxyl groups excluding tert-OH is 1. The Bertz CT molecular complexity index is 1270. The number of fused-ring (bicyclic) bond motifs is 3. The van der Waals surface area contributed by atoms with Gasteiger partial charge in [0, 0.05) is 22.8 Å². The van der Waals surface area contributed by atoms with E-state index in [-0.39, 0.29) is 11.5 Å². The van der Waals surface area contributed by atoms with E-state index in [1.165, 1.54) is 24.3 Å². The molecule has 0 saturated carbocycles. The average Bonchev–Trinajstić information content (AvgIpc) is 3.20.